The van der Waals surface area contributed by atoms with Crippen LogP contribution < -0.4 is 16.1 Å². The van der Waals surface area contributed by atoms with Gasteiger partial charge in [0, 0.05) is 18.2 Å². The number of carbonyl (C=O) groups excluding carboxylic acids is 1. The van der Waals surface area contributed by atoms with Gasteiger partial charge in [-0.15, -0.1) is 0 Å². The number of likely N-dealkylation sites (N-methyl/N-ethyl adjacent to an activating group) is 1. The molecule has 1 aliphatic heterocycles. The molecule has 1 aromatic heterocycles. The summed E-state index contributed by atoms with van der Waals surface area (Å²) in [7, 11) is 1.09. The van der Waals surface area contributed by atoms with Gasteiger partial charge in [0.2, 0.25) is 5.91 Å². The Morgan fingerprint density at radius 3 is 2.36 bits per heavy atom. The molecule has 0 bridgehead atoms. The number of carbonyl (C=O) groups is 1. The van der Waals surface area contributed by atoms with Crippen LogP contribution >= 0.6 is 0 Å². The summed E-state index contributed by atoms with van der Waals surface area (Å²) >= 11 is 0. The molecule has 1 saturated heterocycles. The minimum Gasteiger partial charge on any atom is -0.399 e. The van der Waals surface area contributed by atoms with Crippen molar-refractivity contribution in [3.63, 3.8) is 0 Å². The van der Waals surface area contributed by atoms with Crippen molar-refractivity contribution in [1.82, 2.24) is 10.3 Å². The van der Waals surface area contributed by atoms with Crippen molar-refractivity contribution in [3.8, 4) is 0 Å². The van der Waals surface area contributed by atoms with Crippen LogP contribution in [0.1, 0.15) is 33.4 Å². The minimum absolute atomic E-state index is 0.108. The lowest BCUT2D eigenvalue weighted by atomic mass is 9.79. The van der Waals surface area contributed by atoms with Crippen LogP contribution in [0.2, 0.25) is 0 Å². The zero-order valence-corrected chi connectivity index (χ0v) is 14.1. The standard InChI is InChI=1S/C15H24BN3O3/c1-10-7-8-11(13(19-10)18-9-12(20)17-6)16-21-14(2,3)15(4,5)22-16/h7-8H,9H2,1-6H3,(H,17,20)(H,18,19). The van der Waals surface area contributed by atoms with Crippen molar-refractivity contribution in [2.75, 3.05) is 18.9 Å². The fraction of sp³-hybridized carbons (Fsp3) is 0.600. The number of hydrogen-bond donors (Lipinski definition) is 2. The molecule has 120 valence electrons. The highest BCUT2D eigenvalue weighted by Crippen LogP contribution is 2.36. The van der Waals surface area contributed by atoms with Gasteiger partial charge in [0.15, 0.2) is 0 Å². The van der Waals surface area contributed by atoms with Crippen LogP contribution in [0, 0.1) is 6.92 Å². The van der Waals surface area contributed by atoms with Crippen LogP contribution in [0.3, 0.4) is 0 Å². The van der Waals surface area contributed by atoms with Crippen molar-refractivity contribution >= 4 is 24.3 Å². The lowest BCUT2D eigenvalue weighted by Crippen LogP contribution is -2.41. The van der Waals surface area contributed by atoms with E-state index in [0.717, 1.165) is 11.2 Å². The molecule has 6 nitrogen and oxygen atoms in total. The Kier molecular flexibility index (Phi) is 4.49. The van der Waals surface area contributed by atoms with Gasteiger partial charge in [0.05, 0.1) is 17.7 Å². The quantitative estimate of drug-likeness (QED) is 0.807. The second-order valence-electron chi connectivity index (χ2n) is 6.51. The average Bonchev–Trinajstić information content (AvgIpc) is 2.64. The number of pyridine rings is 1. The van der Waals surface area contributed by atoms with Crippen LogP contribution in [-0.2, 0) is 14.1 Å². The number of hydrogen-bond acceptors (Lipinski definition) is 5. The maximum absolute atomic E-state index is 11.4. The third kappa shape index (κ3) is 3.25. The summed E-state index contributed by atoms with van der Waals surface area (Å²) in [6.07, 6.45) is 0. The fourth-order valence-corrected chi connectivity index (χ4v) is 2.12. The lowest BCUT2D eigenvalue weighted by Gasteiger charge is -2.32. The Bertz CT molecular complexity index is 559. The molecule has 0 radical (unpaired) electrons. The smallest absolute Gasteiger partial charge is 0.399 e. The molecule has 1 aromatic rings. The molecule has 0 atom stereocenters. The van der Waals surface area contributed by atoms with E-state index in [2.05, 4.69) is 15.6 Å². The summed E-state index contributed by atoms with van der Waals surface area (Å²) in [6, 6.07) is 3.84. The number of rotatable bonds is 4. The molecule has 0 unspecified atom stereocenters. The average molecular weight is 305 g/mol. The minimum atomic E-state index is -0.509. The van der Waals surface area contributed by atoms with Gasteiger partial charge in [-0.05, 0) is 40.7 Å². The van der Waals surface area contributed by atoms with Crippen LogP contribution in [-0.4, -0.2) is 42.8 Å². The molecule has 22 heavy (non-hydrogen) atoms. The molecule has 2 rings (SSSR count). The van der Waals surface area contributed by atoms with Gasteiger partial charge >= 0.3 is 7.12 Å². The fourth-order valence-electron chi connectivity index (χ4n) is 2.12. The van der Waals surface area contributed by atoms with Gasteiger partial charge in [-0.3, -0.25) is 4.79 Å². The molecule has 1 amide bonds. The number of nitrogens with one attached hydrogen (secondary N) is 2. The van der Waals surface area contributed by atoms with Gasteiger partial charge < -0.3 is 19.9 Å². The molecule has 0 aromatic carbocycles. The largest absolute Gasteiger partial charge is 0.498 e. The van der Waals surface area contributed by atoms with E-state index in [-0.39, 0.29) is 12.5 Å². The lowest BCUT2D eigenvalue weighted by molar-refractivity contribution is -0.118. The Hall–Kier alpha value is -1.60. The molecule has 2 heterocycles. The van der Waals surface area contributed by atoms with E-state index in [9.17, 15) is 4.79 Å². The summed E-state index contributed by atoms with van der Waals surface area (Å²) in [5, 5.41) is 5.63. The first-order valence-corrected chi connectivity index (χ1v) is 7.44. The molecule has 1 aliphatic rings. The van der Waals surface area contributed by atoms with Crippen molar-refractivity contribution in [1.29, 1.82) is 0 Å². The second kappa shape index (κ2) is 5.89. The number of amides is 1. The van der Waals surface area contributed by atoms with E-state index in [4.69, 9.17) is 9.31 Å². The molecule has 0 saturated carbocycles. The first-order chi connectivity index (χ1) is 10.2. The zero-order chi connectivity index (χ0) is 16.5. The number of anilines is 1. The third-order valence-corrected chi connectivity index (χ3v) is 4.27. The van der Waals surface area contributed by atoms with Gasteiger partial charge in [0.25, 0.3) is 0 Å². The topological polar surface area (TPSA) is 72.5 Å². The number of aryl methyl sites for hydroxylation is 1. The molecule has 7 heteroatoms. The van der Waals surface area contributed by atoms with E-state index in [1.165, 1.54) is 0 Å². The van der Waals surface area contributed by atoms with Gasteiger partial charge in [-0.25, -0.2) is 4.98 Å². The number of nitrogens with zero attached hydrogens (tertiary/aromatic N) is 1. The molecular weight excluding hydrogens is 281 g/mol. The van der Waals surface area contributed by atoms with E-state index in [1.54, 1.807) is 7.05 Å². The van der Waals surface area contributed by atoms with Gasteiger partial charge in [-0.1, -0.05) is 6.07 Å². The van der Waals surface area contributed by atoms with Crippen LogP contribution in [0.5, 0.6) is 0 Å². The highest BCUT2D eigenvalue weighted by Gasteiger charge is 2.52. The Morgan fingerprint density at radius 1 is 1.23 bits per heavy atom. The maximum atomic E-state index is 11.4. The SMILES string of the molecule is CNC(=O)CNc1nc(C)ccc1B1OC(C)(C)C(C)(C)O1. The predicted molar refractivity (Wildman–Crippen MR) is 87.2 cm³/mol. The highest BCUT2D eigenvalue weighted by atomic mass is 16.7. The van der Waals surface area contributed by atoms with Crippen molar-refractivity contribution in [3.05, 3.63) is 17.8 Å². The molecule has 0 spiro atoms. The first-order valence-electron chi connectivity index (χ1n) is 7.44. The Labute approximate surface area is 132 Å². The molecule has 1 fully saturated rings. The van der Waals surface area contributed by atoms with Crippen LogP contribution in [0.25, 0.3) is 0 Å². The molecule has 2 N–H and O–H groups in total. The van der Waals surface area contributed by atoms with E-state index in [1.807, 2.05) is 46.8 Å². The summed E-state index contributed by atoms with van der Waals surface area (Å²) in [4.78, 5) is 15.9. The predicted octanol–water partition coefficient (Wildman–Crippen LogP) is 0.847. The maximum Gasteiger partial charge on any atom is 0.498 e. The summed E-state index contributed by atoms with van der Waals surface area (Å²) in [5.74, 6) is 0.505. The monoisotopic (exact) mass is 305 g/mol. The normalized spacial score (nSPS) is 19.1. The summed E-state index contributed by atoms with van der Waals surface area (Å²) in [5.41, 5.74) is 0.828. The van der Waals surface area contributed by atoms with Crippen molar-refractivity contribution in [2.24, 2.45) is 0 Å². The summed E-state index contributed by atoms with van der Waals surface area (Å²) in [6.45, 7) is 10.1. The highest BCUT2D eigenvalue weighted by molar-refractivity contribution is 6.63. The van der Waals surface area contributed by atoms with Crippen molar-refractivity contribution in [2.45, 2.75) is 45.8 Å². The van der Waals surface area contributed by atoms with Gasteiger partial charge in [0.1, 0.15) is 5.82 Å². The van der Waals surface area contributed by atoms with E-state index < -0.39 is 18.3 Å². The molecular formula is C15H24BN3O3. The Balaban J connectivity index is 2.26. The van der Waals surface area contributed by atoms with E-state index in [0.29, 0.717) is 5.82 Å². The number of aromatic nitrogens is 1. The van der Waals surface area contributed by atoms with Crippen LogP contribution in [0.4, 0.5) is 5.82 Å². The zero-order valence-electron chi connectivity index (χ0n) is 14.1. The third-order valence-electron chi connectivity index (χ3n) is 4.27. The molecule has 0 aliphatic carbocycles. The van der Waals surface area contributed by atoms with Crippen molar-refractivity contribution < 1.29 is 14.1 Å². The van der Waals surface area contributed by atoms with E-state index >= 15 is 0 Å². The van der Waals surface area contributed by atoms with Crippen LogP contribution in [0.15, 0.2) is 12.1 Å². The second-order valence-corrected chi connectivity index (χ2v) is 6.51. The Morgan fingerprint density at radius 2 is 1.82 bits per heavy atom. The van der Waals surface area contributed by atoms with Gasteiger partial charge in [-0.2, -0.15) is 0 Å². The first kappa shape index (κ1) is 16.8. The summed E-state index contributed by atoms with van der Waals surface area (Å²) < 4.78 is 12.1.